The van der Waals surface area contributed by atoms with E-state index in [0.717, 1.165) is 22.7 Å². The second-order valence-electron chi connectivity index (χ2n) is 3.76. The van der Waals surface area contributed by atoms with Crippen LogP contribution in [0.5, 0.6) is 0 Å². The molecule has 1 aromatic rings. The Bertz CT molecular complexity index is 364. The van der Waals surface area contributed by atoms with E-state index >= 15 is 0 Å². The van der Waals surface area contributed by atoms with Crippen molar-refractivity contribution in [1.82, 2.24) is 4.90 Å². The summed E-state index contributed by atoms with van der Waals surface area (Å²) >= 11 is 5.60. The molecule has 1 fully saturated rings. The van der Waals surface area contributed by atoms with Crippen LogP contribution in [-0.2, 0) is 0 Å². The minimum atomic E-state index is 0.0660. The Balaban J connectivity index is 2.03. The minimum absolute atomic E-state index is 0.0660. The molecule has 2 heterocycles. The first-order valence-corrected chi connectivity index (χ1v) is 6.21. The van der Waals surface area contributed by atoms with Gasteiger partial charge in [0.15, 0.2) is 0 Å². The molecule has 1 unspecified atom stereocenters. The van der Waals surface area contributed by atoms with Crippen LogP contribution >= 0.6 is 24.0 Å². The fourth-order valence-corrected chi connectivity index (χ4v) is 2.88. The molecule has 1 atom stereocenters. The quantitative estimate of drug-likeness (QED) is 0.773. The molecule has 2 rings (SSSR count). The largest absolute Gasteiger partial charge is 0.396 e. The average Bonchev–Trinajstić information content (AvgIpc) is 2.84. The van der Waals surface area contributed by atoms with E-state index in [0.29, 0.717) is 6.54 Å². The summed E-state index contributed by atoms with van der Waals surface area (Å²) < 4.78 is 0. The third-order valence-corrected chi connectivity index (χ3v) is 3.98. The van der Waals surface area contributed by atoms with Crippen molar-refractivity contribution in [3.05, 3.63) is 16.3 Å². The second-order valence-corrected chi connectivity index (χ2v) is 5.19. The topological polar surface area (TPSA) is 40.5 Å². The number of carbonyl (C=O) groups is 1. The highest BCUT2D eigenvalue weighted by Gasteiger charge is 2.26. The minimum Gasteiger partial charge on any atom is -0.396 e. The smallest absolute Gasteiger partial charge is 0.263 e. The summed E-state index contributed by atoms with van der Waals surface area (Å²) in [6, 6.07) is 1.79. The number of rotatable bonds is 2. The highest BCUT2D eigenvalue weighted by molar-refractivity contribution is 7.80. The number of thiol groups is 1. The van der Waals surface area contributed by atoms with Gasteiger partial charge in [-0.25, -0.2) is 0 Å². The fraction of sp³-hybridized carbons (Fsp3) is 0.500. The van der Waals surface area contributed by atoms with Crippen LogP contribution in [0.1, 0.15) is 16.1 Å². The Labute approximate surface area is 98.1 Å². The van der Waals surface area contributed by atoms with Crippen LogP contribution < -0.4 is 0 Å². The second kappa shape index (κ2) is 4.55. The fourth-order valence-electron chi connectivity index (χ4n) is 1.76. The highest BCUT2D eigenvalue weighted by atomic mass is 32.1. The maximum atomic E-state index is 11.9. The Morgan fingerprint density at radius 3 is 3.07 bits per heavy atom. The van der Waals surface area contributed by atoms with Gasteiger partial charge in [-0.05, 0) is 12.5 Å². The van der Waals surface area contributed by atoms with Crippen LogP contribution in [0.25, 0.3) is 0 Å². The van der Waals surface area contributed by atoms with Gasteiger partial charge >= 0.3 is 0 Å². The zero-order valence-electron chi connectivity index (χ0n) is 8.22. The summed E-state index contributed by atoms with van der Waals surface area (Å²) in [4.78, 5) is 15.3. The zero-order valence-corrected chi connectivity index (χ0v) is 9.93. The van der Waals surface area contributed by atoms with Crippen LogP contribution in [0.15, 0.2) is 16.3 Å². The molecule has 0 spiro atoms. The molecule has 3 nitrogen and oxygen atoms in total. The van der Waals surface area contributed by atoms with Gasteiger partial charge in [-0.3, -0.25) is 4.79 Å². The molecule has 82 valence electrons. The van der Waals surface area contributed by atoms with Gasteiger partial charge in [-0.2, -0.15) is 0 Å². The number of likely N-dealkylation sites (tertiary alicyclic amines) is 1. The number of thiophene rings is 1. The van der Waals surface area contributed by atoms with Gasteiger partial charge in [0.2, 0.25) is 0 Å². The zero-order chi connectivity index (χ0) is 10.8. The summed E-state index contributed by atoms with van der Waals surface area (Å²) in [6.07, 6.45) is 0.904. The Morgan fingerprint density at radius 2 is 2.53 bits per heavy atom. The molecule has 0 aromatic carbocycles. The summed E-state index contributed by atoms with van der Waals surface area (Å²) in [5.74, 6) is 0.320. The molecule has 0 radical (unpaired) electrons. The van der Waals surface area contributed by atoms with Gasteiger partial charge in [0, 0.05) is 35.9 Å². The molecule has 1 saturated heterocycles. The number of hydrogen-bond acceptors (Lipinski definition) is 4. The molecule has 1 amide bonds. The predicted octanol–water partition coefficient (Wildman–Crippen LogP) is 1.49. The summed E-state index contributed by atoms with van der Waals surface area (Å²) in [6.45, 7) is 1.60. The van der Waals surface area contributed by atoms with Crippen molar-refractivity contribution >= 4 is 29.9 Å². The molecule has 1 aliphatic rings. The van der Waals surface area contributed by atoms with E-state index < -0.39 is 0 Å². The van der Waals surface area contributed by atoms with Gasteiger partial charge in [0.25, 0.3) is 5.91 Å². The molecule has 1 aliphatic heterocycles. The van der Waals surface area contributed by atoms with E-state index in [1.54, 1.807) is 11.0 Å². The van der Waals surface area contributed by atoms with E-state index in [1.165, 1.54) is 11.3 Å². The van der Waals surface area contributed by atoms with Gasteiger partial charge in [0.1, 0.15) is 0 Å². The van der Waals surface area contributed by atoms with Crippen molar-refractivity contribution in [1.29, 1.82) is 0 Å². The third kappa shape index (κ3) is 2.35. The number of nitrogens with zero attached hydrogens (tertiary/aromatic N) is 1. The van der Waals surface area contributed by atoms with E-state index in [9.17, 15) is 4.79 Å². The first kappa shape index (κ1) is 11.0. The molecule has 5 heteroatoms. The Kier molecular flexibility index (Phi) is 3.33. The molecule has 0 saturated carbocycles. The van der Waals surface area contributed by atoms with Crippen LogP contribution in [0.4, 0.5) is 0 Å². The first-order valence-electron chi connectivity index (χ1n) is 4.88. The SMILES string of the molecule is O=C(c1cc(S)cs1)N1CCC(CO)C1. The lowest BCUT2D eigenvalue weighted by Gasteiger charge is -2.14. The third-order valence-electron chi connectivity index (χ3n) is 2.63. The number of hydrogen-bond donors (Lipinski definition) is 2. The summed E-state index contributed by atoms with van der Waals surface area (Å²) in [5, 5.41) is 10.8. The van der Waals surface area contributed by atoms with Crippen molar-refractivity contribution in [2.24, 2.45) is 5.92 Å². The molecular formula is C10H13NO2S2. The molecule has 1 N–H and O–H groups in total. The number of carbonyl (C=O) groups excluding carboxylic acids is 1. The Hall–Kier alpha value is -0.520. The van der Waals surface area contributed by atoms with Gasteiger partial charge in [-0.1, -0.05) is 0 Å². The van der Waals surface area contributed by atoms with E-state index in [1.807, 2.05) is 5.38 Å². The van der Waals surface area contributed by atoms with Gasteiger partial charge < -0.3 is 10.0 Å². The highest BCUT2D eigenvalue weighted by Crippen LogP contribution is 2.23. The van der Waals surface area contributed by atoms with Crippen molar-refractivity contribution < 1.29 is 9.90 Å². The van der Waals surface area contributed by atoms with Crippen LogP contribution in [0.3, 0.4) is 0 Å². The number of aliphatic hydroxyl groups is 1. The van der Waals surface area contributed by atoms with Crippen LogP contribution in [0, 0.1) is 5.92 Å². The lowest BCUT2D eigenvalue weighted by Crippen LogP contribution is -2.28. The van der Waals surface area contributed by atoms with Crippen molar-refractivity contribution in [3.8, 4) is 0 Å². The number of amides is 1. The van der Waals surface area contributed by atoms with Gasteiger partial charge in [-0.15, -0.1) is 24.0 Å². The van der Waals surface area contributed by atoms with E-state index in [2.05, 4.69) is 12.6 Å². The Morgan fingerprint density at radius 1 is 1.73 bits per heavy atom. The molecular weight excluding hydrogens is 230 g/mol. The monoisotopic (exact) mass is 243 g/mol. The molecule has 0 aliphatic carbocycles. The lowest BCUT2D eigenvalue weighted by molar-refractivity contribution is 0.0786. The maximum Gasteiger partial charge on any atom is 0.263 e. The molecule has 15 heavy (non-hydrogen) atoms. The van der Waals surface area contributed by atoms with E-state index in [-0.39, 0.29) is 18.4 Å². The normalized spacial score (nSPS) is 20.9. The predicted molar refractivity (Wildman–Crippen MR) is 62.7 cm³/mol. The molecule has 0 bridgehead atoms. The van der Waals surface area contributed by atoms with E-state index in [4.69, 9.17) is 5.11 Å². The summed E-state index contributed by atoms with van der Waals surface area (Å²) in [5.41, 5.74) is 0. The first-order chi connectivity index (χ1) is 7.20. The van der Waals surface area contributed by atoms with Crippen molar-refractivity contribution in [3.63, 3.8) is 0 Å². The molecule has 1 aromatic heterocycles. The van der Waals surface area contributed by atoms with Crippen LogP contribution in [-0.4, -0.2) is 35.6 Å². The van der Waals surface area contributed by atoms with Crippen LogP contribution in [0.2, 0.25) is 0 Å². The summed E-state index contributed by atoms with van der Waals surface area (Å²) in [7, 11) is 0. The number of aliphatic hydroxyl groups excluding tert-OH is 1. The maximum absolute atomic E-state index is 11.9. The standard InChI is InChI=1S/C10H13NO2S2/c12-5-7-1-2-11(4-7)10(13)9-3-8(14)6-15-9/h3,6-7,12,14H,1-2,4-5H2. The average molecular weight is 243 g/mol. The van der Waals surface area contributed by atoms with Crippen molar-refractivity contribution in [2.45, 2.75) is 11.3 Å². The van der Waals surface area contributed by atoms with Crippen molar-refractivity contribution in [2.75, 3.05) is 19.7 Å². The van der Waals surface area contributed by atoms with Gasteiger partial charge in [0.05, 0.1) is 4.88 Å². The lowest BCUT2D eigenvalue weighted by atomic mass is 10.1.